The number of methoxy groups -OCH3 is 1. The zero-order valence-electron chi connectivity index (χ0n) is 14.8. The fourth-order valence-electron chi connectivity index (χ4n) is 2.42. The Morgan fingerprint density at radius 1 is 1.22 bits per heavy atom. The van der Waals surface area contributed by atoms with Gasteiger partial charge in [0.25, 0.3) is 5.56 Å². The summed E-state index contributed by atoms with van der Waals surface area (Å²) >= 11 is 1.06. The molecule has 0 aliphatic carbocycles. The highest BCUT2D eigenvalue weighted by Crippen LogP contribution is 2.17. The number of ether oxygens (including phenoxy) is 1. The van der Waals surface area contributed by atoms with Gasteiger partial charge in [0.1, 0.15) is 11.6 Å². The van der Waals surface area contributed by atoms with Crippen molar-refractivity contribution in [1.29, 1.82) is 0 Å². The van der Waals surface area contributed by atoms with Gasteiger partial charge in [-0.05, 0) is 48.9 Å². The summed E-state index contributed by atoms with van der Waals surface area (Å²) in [6.07, 6.45) is 2.93. The van der Waals surface area contributed by atoms with E-state index < -0.39 is 5.56 Å². The summed E-state index contributed by atoms with van der Waals surface area (Å²) in [6, 6.07) is 11.3. The van der Waals surface area contributed by atoms with Gasteiger partial charge in [-0.2, -0.15) is 0 Å². The number of Topliss-reactive ketones (excluding diaryl/α,β-unsaturated/α-hetero) is 1. The highest BCUT2D eigenvalue weighted by Gasteiger charge is 2.12. The molecule has 0 atom stereocenters. The molecule has 0 spiro atoms. The molecule has 0 amide bonds. The number of ketones is 1. The Hall–Kier alpha value is -2.93. The van der Waals surface area contributed by atoms with E-state index in [-0.39, 0.29) is 22.4 Å². The summed E-state index contributed by atoms with van der Waals surface area (Å²) in [5.41, 5.74) is 1.04. The second kappa shape index (κ2) is 8.18. The van der Waals surface area contributed by atoms with Crippen molar-refractivity contribution < 1.29 is 13.9 Å². The lowest BCUT2D eigenvalue weighted by Gasteiger charge is -2.08. The molecule has 7 heteroatoms. The molecule has 3 aromatic rings. The van der Waals surface area contributed by atoms with Crippen LogP contribution in [0.25, 0.3) is 5.69 Å². The summed E-state index contributed by atoms with van der Waals surface area (Å²) < 4.78 is 20.2. The van der Waals surface area contributed by atoms with Gasteiger partial charge >= 0.3 is 0 Å². The number of carbonyl (C=O) groups is 1. The van der Waals surface area contributed by atoms with Crippen molar-refractivity contribution in [3.05, 3.63) is 82.2 Å². The number of carbonyl (C=O) groups excluding carboxylic acids is 1. The second-order valence-corrected chi connectivity index (χ2v) is 6.75. The molecule has 0 saturated heterocycles. The van der Waals surface area contributed by atoms with Crippen LogP contribution in [0.15, 0.2) is 64.7 Å². The van der Waals surface area contributed by atoms with Crippen LogP contribution in [-0.2, 0) is 0 Å². The van der Waals surface area contributed by atoms with Crippen LogP contribution >= 0.6 is 11.8 Å². The predicted molar refractivity (Wildman–Crippen MR) is 103 cm³/mol. The molecule has 0 unspecified atom stereocenters. The molecular weight excluding hydrogens is 367 g/mol. The first kappa shape index (κ1) is 18.8. The van der Waals surface area contributed by atoms with Crippen LogP contribution < -0.4 is 10.3 Å². The zero-order valence-corrected chi connectivity index (χ0v) is 15.6. The SMILES string of the molecule is COc1ccc(C(=O)CSc2nccn(-c3ccc(C)c(F)c3)c2=O)cc1. The predicted octanol–water partition coefficient (Wildman–Crippen LogP) is 3.66. The topological polar surface area (TPSA) is 61.2 Å². The molecule has 0 saturated carbocycles. The van der Waals surface area contributed by atoms with Gasteiger partial charge in [-0.15, -0.1) is 0 Å². The fourth-order valence-corrected chi connectivity index (χ4v) is 3.21. The summed E-state index contributed by atoms with van der Waals surface area (Å²) in [7, 11) is 1.55. The van der Waals surface area contributed by atoms with Gasteiger partial charge in [0.05, 0.1) is 18.6 Å². The molecule has 0 aliphatic heterocycles. The Labute approximate surface area is 159 Å². The van der Waals surface area contributed by atoms with E-state index >= 15 is 0 Å². The highest BCUT2D eigenvalue weighted by atomic mass is 32.2. The first-order valence-electron chi connectivity index (χ1n) is 8.14. The minimum absolute atomic E-state index is 0.0703. The molecule has 27 heavy (non-hydrogen) atoms. The number of thioether (sulfide) groups is 1. The standard InChI is InChI=1S/C20H17FN2O3S/c1-13-3-6-15(11-17(13)21)23-10-9-22-19(20(23)25)27-12-18(24)14-4-7-16(26-2)8-5-14/h3-11H,12H2,1-2H3. The summed E-state index contributed by atoms with van der Waals surface area (Å²) in [5, 5.41) is 0.181. The highest BCUT2D eigenvalue weighted by molar-refractivity contribution is 7.99. The molecule has 1 aromatic heterocycles. The number of hydrogen-bond acceptors (Lipinski definition) is 5. The van der Waals surface area contributed by atoms with Crippen molar-refractivity contribution in [3.8, 4) is 11.4 Å². The van der Waals surface area contributed by atoms with Gasteiger partial charge in [-0.25, -0.2) is 9.37 Å². The van der Waals surface area contributed by atoms with Crippen LogP contribution in [0.2, 0.25) is 0 Å². The van der Waals surface area contributed by atoms with E-state index in [1.165, 1.54) is 23.0 Å². The molecule has 0 aliphatic rings. The normalized spacial score (nSPS) is 10.6. The van der Waals surface area contributed by atoms with Crippen LogP contribution in [-0.4, -0.2) is 28.2 Å². The average Bonchev–Trinajstić information content (AvgIpc) is 2.69. The van der Waals surface area contributed by atoms with E-state index in [4.69, 9.17) is 4.74 Å². The Morgan fingerprint density at radius 3 is 2.63 bits per heavy atom. The van der Waals surface area contributed by atoms with E-state index in [1.807, 2.05) is 0 Å². The van der Waals surface area contributed by atoms with Crippen LogP contribution in [0.3, 0.4) is 0 Å². The van der Waals surface area contributed by atoms with Crippen LogP contribution in [0.1, 0.15) is 15.9 Å². The van der Waals surface area contributed by atoms with Crippen molar-refractivity contribution in [3.63, 3.8) is 0 Å². The van der Waals surface area contributed by atoms with Crippen LogP contribution in [0.4, 0.5) is 4.39 Å². The van der Waals surface area contributed by atoms with E-state index in [1.54, 1.807) is 50.4 Å². The first-order chi connectivity index (χ1) is 13.0. The zero-order chi connectivity index (χ0) is 19.4. The molecule has 1 heterocycles. The van der Waals surface area contributed by atoms with Gasteiger partial charge in [0, 0.05) is 18.0 Å². The second-order valence-electron chi connectivity index (χ2n) is 5.78. The lowest BCUT2D eigenvalue weighted by molar-refractivity contribution is 0.102. The number of benzene rings is 2. The van der Waals surface area contributed by atoms with E-state index in [0.29, 0.717) is 22.6 Å². The van der Waals surface area contributed by atoms with Crippen molar-refractivity contribution in [2.24, 2.45) is 0 Å². The molecule has 3 rings (SSSR count). The summed E-state index contributed by atoms with van der Waals surface area (Å²) in [4.78, 5) is 29.0. The molecule has 0 N–H and O–H groups in total. The third-order valence-electron chi connectivity index (χ3n) is 3.99. The first-order valence-corrected chi connectivity index (χ1v) is 9.12. The quantitative estimate of drug-likeness (QED) is 0.479. The largest absolute Gasteiger partial charge is 0.497 e. The maximum absolute atomic E-state index is 13.8. The molecular formula is C20H17FN2O3S. The van der Waals surface area contributed by atoms with Gasteiger partial charge in [0.2, 0.25) is 0 Å². The van der Waals surface area contributed by atoms with Crippen LogP contribution in [0.5, 0.6) is 5.75 Å². The fraction of sp³-hybridized carbons (Fsp3) is 0.150. The third kappa shape index (κ3) is 4.25. The van der Waals surface area contributed by atoms with E-state index in [9.17, 15) is 14.0 Å². The van der Waals surface area contributed by atoms with Crippen molar-refractivity contribution in [1.82, 2.24) is 9.55 Å². The Kier molecular flexibility index (Phi) is 5.71. The minimum Gasteiger partial charge on any atom is -0.497 e. The number of hydrogen-bond donors (Lipinski definition) is 0. The summed E-state index contributed by atoms with van der Waals surface area (Å²) in [6.45, 7) is 1.65. The van der Waals surface area contributed by atoms with Crippen molar-refractivity contribution in [2.75, 3.05) is 12.9 Å². The van der Waals surface area contributed by atoms with Gasteiger partial charge in [-0.3, -0.25) is 14.2 Å². The molecule has 0 fully saturated rings. The Morgan fingerprint density at radius 2 is 1.96 bits per heavy atom. The summed E-state index contributed by atoms with van der Waals surface area (Å²) in [5.74, 6) is 0.221. The van der Waals surface area contributed by atoms with Crippen LogP contribution in [0, 0.1) is 12.7 Å². The number of aromatic nitrogens is 2. The molecule has 138 valence electrons. The lowest BCUT2D eigenvalue weighted by atomic mass is 10.1. The number of aryl methyl sites for hydroxylation is 1. The monoisotopic (exact) mass is 384 g/mol. The maximum atomic E-state index is 13.8. The minimum atomic E-state index is -0.395. The van der Waals surface area contributed by atoms with E-state index in [0.717, 1.165) is 11.8 Å². The molecule has 5 nitrogen and oxygen atoms in total. The number of nitrogens with zero attached hydrogens (tertiary/aromatic N) is 2. The molecule has 0 bridgehead atoms. The van der Waals surface area contributed by atoms with Crippen molar-refractivity contribution in [2.45, 2.75) is 11.9 Å². The number of rotatable bonds is 6. The number of halogens is 1. The lowest BCUT2D eigenvalue weighted by Crippen LogP contribution is -2.21. The molecule has 2 aromatic carbocycles. The van der Waals surface area contributed by atoms with Gasteiger partial charge < -0.3 is 4.74 Å². The Bertz CT molecular complexity index is 1030. The smallest absolute Gasteiger partial charge is 0.287 e. The van der Waals surface area contributed by atoms with E-state index in [2.05, 4.69) is 4.98 Å². The van der Waals surface area contributed by atoms with Gasteiger partial charge in [-0.1, -0.05) is 17.8 Å². The van der Waals surface area contributed by atoms with Crippen molar-refractivity contribution >= 4 is 17.5 Å². The Balaban J connectivity index is 1.78. The van der Waals surface area contributed by atoms with Gasteiger partial charge in [0.15, 0.2) is 10.8 Å². The molecule has 0 radical (unpaired) electrons. The third-order valence-corrected chi connectivity index (χ3v) is 4.95. The maximum Gasteiger partial charge on any atom is 0.287 e. The average molecular weight is 384 g/mol.